The molecule has 3 nitrogen and oxygen atoms in total. The largest absolute Gasteiger partial charge is 0.294 e. The molecule has 0 radical (unpaired) electrons. The maximum atomic E-state index is 12.4. The maximum Gasteiger partial charge on any atom is 0.170 e. The molecule has 1 heterocycles. The van der Waals surface area contributed by atoms with E-state index in [0.717, 1.165) is 21.3 Å². The predicted molar refractivity (Wildman–Crippen MR) is 86.6 cm³/mol. The van der Waals surface area contributed by atoms with Gasteiger partial charge in [-0.3, -0.25) is 9.48 Å². The van der Waals surface area contributed by atoms with Crippen LogP contribution in [0.25, 0.3) is 0 Å². The number of aryl methyl sites for hydroxylation is 1. The van der Waals surface area contributed by atoms with E-state index in [1.54, 1.807) is 0 Å². The third-order valence-electron chi connectivity index (χ3n) is 4.13. The number of nitrogens with zero attached hydrogens (tertiary/aromatic N) is 2. The van der Waals surface area contributed by atoms with Crippen LogP contribution < -0.4 is 0 Å². The van der Waals surface area contributed by atoms with Gasteiger partial charge in [0, 0.05) is 16.2 Å². The molecule has 0 atom stereocenters. The molecule has 4 heteroatoms. The number of carbonyl (C=O) groups excluding carboxylic acids is 1. The quantitative estimate of drug-likeness (QED) is 0.764. The van der Waals surface area contributed by atoms with E-state index in [9.17, 15) is 4.79 Å². The van der Waals surface area contributed by atoms with Gasteiger partial charge in [-0.25, -0.2) is 0 Å². The van der Waals surface area contributed by atoms with E-state index in [4.69, 9.17) is 0 Å². The molecule has 1 aromatic heterocycles. The van der Waals surface area contributed by atoms with E-state index in [1.807, 2.05) is 42.1 Å². The van der Waals surface area contributed by atoms with Crippen molar-refractivity contribution in [2.75, 3.05) is 0 Å². The Morgan fingerprint density at radius 1 is 1.33 bits per heavy atom. The van der Waals surface area contributed by atoms with Crippen LogP contribution in [0.4, 0.5) is 0 Å². The van der Waals surface area contributed by atoms with Gasteiger partial charge in [0.1, 0.15) is 0 Å². The maximum absolute atomic E-state index is 12.4. The van der Waals surface area contributed by atoms with Gasteiger partial charge in [0.2, 0.25) is 0 Å². The number of halogens is 1. The number of ketones is 1. The van der Waals surface area contributed by atoms with E-state index in [0.29, 0.717) is 12.5 Å². The second-order valence-corrected chi connectivity index (χ2v) is 6.66. The molecule has 1 aliphatic carbocycles. The molecule has 1 saturated carbocycles. The molecule has 0 aliphatic heterocycles. The molecule has 0 saturated heterocycles. The molecule has 3 rings (SSSR count). The lowest BCUT2D eigenvalue weighted by molar-refractivity contribution is 0.0991. The molecule has 21 heavy (non-hydrogen) atoms. The number of aromatic nitrogens is 2. The summed E-state index contributed by atoms with van der Waals surface area (Å²) in [4.78, 5) is 12.4. The van der Waals surface area contributed by atoms with Gasteiger partial charge in [-0.15, -0.1) is 0 Å². The lowest BCUT2D eigenvalue weighted by Gasteiger charge is -2.08. The minimum atomic E-state index is 0.110. The summed E-state index contributed by atoms with van der Waals surface area (Å²) < 4.78 is 2.91. The summed E-state index contributed by atoms with van der Waals surface area (Å²) >= 11 is 3.47. The van der Waals surface area contributed by atoms with Gasteiger partial charge in [0.05, 0.1) is 18.2 Å². The Morgan fingerprint density at radius 3 is 2.81 bits per heavy atom. The van der Waals surface area contributed by atoms with Crippen LogP contribution in [0.3, 0.4) is 0 Å². The molecule has 110 valence electrons. The number of carbonyl (C=O) groups is 1. The molecule has 0 unspecified atom stereocenters. The van der Waals surface area contributed by atoms with Crippen molar-refractivity contribution in [1.29, 1.82) is 0 Å². The van der Waals surface area contributed by atoms with Gasteiger partial charge in [0.25, 0.3) is 0 Å². The van der Waals surface area contributed by atoms with Crippen molar-refractivity contribution in [3.05, 3.63) is 51.8 Å². The highest BCUT2D eigenvalue weighted by atomic mass is 79.9. The SMILES string of the molecule is Cc1ccc(C(=O)Cc2ccn(C3CCCC3)n2)c(Br)c1. The van der Waals surface area contributed by atoms with Crippen molar-refractivity contribution in [3.63, 3.8) is 0 Å². The van der Waals surface area contributed by atoms with Crippen molar-refractivity contribution in [2.45, 2.75) is 45.1 Å². The first-order chi connectivity index (χ1) is 10.1. The highest BCUT2D eigenvalue weighted by Crippen LogP contribution is 2.29. The first kappa shape index (κ1) is 14.5. The molecule has 0 bridgehead atoms. The van der Waals surface area contributed by atoms with Crippen LogP contribution >= 0.6 is 15.9 Å². The minimum Gasteiger partial charge on any atom is -0.294 e. The lowest BCUT2D eigenvalue weighted by Crippen LogP contribution is -2.08. The van der Waals surface area contributed by atoms with Gasteiger partial charge < -0.3 is 0 Å². The molecule has 0 N–H and O–H groups in total. The fourth-order valence-corrected chi connectivity index (χ4v) is 3.66. The third-order valence-corrected chi connectivity index (χ3v) is 4.79. The molecular weight excluding hydrogens is 328 g/mol. The zero-order valence-corrected chi connectivity index (χ0v) is 13.8. The van der Waals surface area contributed by atoms with E-state index in [1.165, 1.54) is 25.7 Å². The molecule has 0 amide bonds. The number of Topliss-reactive ketones (excluding diaryl/α,β-unsaturated/α-hetero) is 1. The van der Waals surface area contributed by atoms with Crippen LogP contribution in [0.5, 0.6) is 0 Å². The van der Waals surface area contributed by atoms with Crippen molar-refractivity contribution >= 4 is 21.7 Å². The van der Waals surface area contributed by atoms with Crippen LogP contribution in [0.2, 0.25) is 0 Å². The predicted octanol–water partition coefficient (Wildman–Crippen LogP) is 4.49. The molecule has 0 spiro atoms. The van der Waals surface area contributed by atoms with Gasteiger partial charge in [-0.2, -0.15) is 5.10 Å². The molecule has 2 aromatic rings. The number of rotatable bonds is 4. The van der Waals surface area contributed by atoms with Gasteiger partial charge >= 0.3 is 0 Å². The van der Waals surface area contributed by atoms with Crippen LogP contribution in [0.15, 0.2) is 34.9 Å². The number of benzene rings is 1. The fourth-order valence-electron chi connectivity index (χ4n) is 2.95. The van der Waals surface area contributed by atoms with Crippen molar-refractivity contribution < 1.29 is 4.79 Å². The summed E-state index contributed by atoms with van der Waals surface area (Å²) in [7, 11) is 0. The average Bonchev–Trinajstić information content (AvgIpc) is 3.08. The Balaban J connectivity index is 1.72. The van der Waals surface area contributed by atoms with E-state index < -0.39 is 0 Å². The normalized spacial score (nSPS) is 15.5. The molecule has 1 aromatic carbocycles. The first-order valence-corrected chi connectivity index (χ1v) is 8.26. The van der Waals surface area contributed by atoms with Gasteiger partial charge in [-0.1, -0.05) is 34.8 Å². The second kappa shape index (κ2) is 6.14. The van der Waals surface area contributed by atoms with Gasteiger partial charge in [0.15, 0.2) is 5.78 Å². The average molecular weight is 347 g/mol. The zero-order chi connectivity index (χ0) is 14.8. The smallest absolute Gasteiger partial charge is 0.170 e. The van der Waals surface area contributed by atoms with E-state index >= 15 is 0 Å². The third kappa shape index (κ3) is 3.26. The first-order valence-electron chi connectivity index (χ1n) is 7.47. The Morgan fingerprint density at radius 2 is 2.10 bits per heavy atom. The van der Waals surface area contributed by atoms with E-state index in [-0.39, 0.29) is 5.78 Å². The molecule has 1 aliphatic rings. The zero-order valence-electron chi connectivity index (χ0n) is 12.2. The van der Waals surface area contributed by atoms with Crippen molar-refractivity contribution in [3.8, 4) is 0 Å². The highest BCUT2D eigenvalue weighted by Gasteiger charge is 2.18. The summed E-state index contributed by atoms with van der Waals surface area (Å²) in [5, 5.41) is 4.59. The Hall–Kier alpha value is -1.42. The van der Waals surface area contributed by atoms with Crippen LogP contribution in [-0.4, -0.2) is 15.6 Å². The van der Waals surface area contributed by atoms with Crippen LogP contribution in [0, 0.1) is 6.92 Å². The summed E-state index contributed by atoms with van der Waals surface area (Å²) in [5.41, 5.74) is 2.74. The number of hydrogen-bond donors (Lipinski definition) is 0. The van der Waals surface area contributed by atoms with Crippen molar-refractivity contribution in [2.24, 2.45) is 0 Å². The Labute approximate surface area is 133 Å². The summed E-state index contributed by atoms with van der Waals surface area (Å²) in [6.45, 7) is 2.02. The molecule has 1 fully saturated rings. The number of hydrogen-bond acceptors (Lipinski definition) is 2. The second-order valence-electron chi connectivity index (χ2n) is 5.81. The fraction of sp³-hybridized carbons (Fsp3) is 0.412. The van der Waals surface area contributed by atoms with Crippen molar-refractivity contribution in [1.82, 2.24) is 9.78 Å². The van der Waals surface area contributed by atoms with Crippen LogP contribution in [0.1, 0.15) is 53.3 Å². The minimum absolute atomic E-state index is 0.110. The summed E-state index contributed by atoms with van der Waals surface area (Å²) in [6, 6.07) is 8.33. The van der Waals surface area contributed by atoms with Crippen LogP contribution in [-0.2, 0) is 6.42 Å². The Bertz CT molecular complexity index is 657. The Kier molecular flexibility index (Phi) is 4.24. The van der Waals surface area contributed by atoms with E-state index in [2.05, 4.69) is 21.0 Å². The van der Waals surface area contributed by atoms with Gasteiger partial charge in [-0.05, 0) is 43.5 Å². The monoisotopic (exact) mass is 346 g/mol. The standard InChI is InChI=1S/C17H19BrN2O/c1-12-6-7-15(16(18)10-12)17(21)11-13-8-9-20(19-13)14-4-2-3-5-14/h6-10,14H,2-5,11H2,1H3. The lowest BCUT2D eigenvalue weighted by atomic mass is 10.1. The topological polar surface area (TPSA) is 34.9 Å². The summed E-state index contributed by atoms with van der Waals surface area (Å²) in [5.74, 6) is 0.110. The highest BCUT2D eigenvalue weighted by molar-refractivity contribution is 9.10. The summed E-state index contributed by atoms with van der Waals surface area (Å²) in [6.07, 6.45) is 7.37. The molecular formula is C17H19BrN2O.